The molecule has 1 aliphatic heterocycles. The summed E-state index contributed by atoms with van der Waals surface area (Å²) >= 11 is 0. The number of rotatable bonds is 4. The Morgan fingerprint density at radius 3 is 2.65 bits per heavy atom. The van der Waals surface area contributed by atoms with E-state index in [9.17, 15) is 23.9 Å². The Kier molecular flexibility index (Phi) is 6.54. The van der Waals surface area contributed by atoms with Crippen molar-refractivity contribution in [3.8, 4) is 5.75 Å². The molecule has 2 amide bonds. The number of hydrogen-bond acceptors (Lipinski definition) is 7. The number of amides is 2. The van der Waals surface area contributed by atoms with Gasteiger partial charge in [0.25, 0.3) is 11.5 Å². The molecule has 1 atom stereocenters. The van der Waals surface area contributed by atoms with Gasteiger partial charge in [0.05, 0.1) is 7.11 Å². The first-order valence-electron chi connectivity index (χ1n) is 9.58. The second kappa shape index (κ2) is 9.13. The fourth-order valence-electron chi connectivity index (χ4n) is 3.36. The van der Waals surface area contributed by atoms with Crippen molar-refractivity contribution in [3.63, 3.8) is 0 Å². The van der Waals surface area contributed by atoms with Gasteiger partial charge in [-0.25, -0.2) is 14.2 Å². The first kappa shape index (κ1) is 22.2. The largest absolute Gasteiger partial charge is 0.501 e. The molecule has 2 aromatic rings. The Bertz CT molecular complexity index is 1040. The number of aromatic hydroxyl groups is 1. The Morgan fingerprint density at radius 2 is 2.00 bits per heavy atom. The summed E-state index contributed by atoms with van der Waals surface area (Å²) in [6.07, 6.45) is -0.628. The molecule has 2 N–H and O–H groups in total. The molecular formula is C20H24FN5O5. The Morgan fingerprint density at radius 1 is 1.32 bits per heavy atom. The van der Waals surface area contributed by atoms with Crippen LogP contribution in [0, 0.1) is 5.82 Å². The predicted molar refractivity (Wildman–Crippen MR) is 108 cm³/mol. The van der Waals surface area contributed by atoms with Crippen LogP contribution in [-0.2, 0) is 17.8 Å². The van der Waals surface area contributed by atoms with E-state index in [1.165, 1.54) is 47.9 Å². The van der Waals surface area contributed by atoms with Gasteiger partial charge in [0.1, 0.15) is 17.7 Å². The van der Waals surface area contributed by atoms with Gasteiger partial charge in [0.15, 0.2) is 5.69 Å². The van der Waals surface area contributed by atoms with E-state index in [-0.39, 0.29) is 18.9 Å². The summed E-state index contributed by atoms with van der Waals surface area (Å²) in [6.45, 7) is 1.11. The van der Waals surface area contributed by atoms with E-state index in [0.717, 1.165) is 0 Å². The summed E-state index contributed by atoms with van der Waals surface area (Å²) in [5, 5.41) is 12.9. The zero-order valence-electron chi connectivity index (χ0n) is 17.5. The lowest BCUT2D eigenvalue weighted by atomic mass is 10.2. The van der Waals surface area contributed by atoms with Crippen LogP contribution in [0.3, 0.4) is 0 Å². The topological polar surface area (TPSA) is 117 Å². The maximum atomic E-state index is 13.0. The van der Waals surface area contributed by atoms with Crippen LogP contribution in [0.5, 0.6) is 5.75 Å². The van der Waals surface area contributed by atoms with Crippen LogP contribution < -0.4 is 10.9 Å². The number of likely N-dealkylation sites (N-methyl/N-ethyl adjacent to an activating group) is 2. The highest BCUT2D eigenvalue weighted by molar-refractivity contribution is 5.94. The normalized spacial score (nSPS) is 16.2. The molecule has 1 aliphatic rings. The quantitative estimate of drug-likeness (QED) is 0.729. The highest BCUT2D eigenvalue weighted by atomic mass is 19.1. The fourth-order valence-corrected chi connectivity index (χ4v) is 3.36. The van der Waals surface area contributed by atoms with Crippen molar-refractivity contribution in [1.29, 1.82) is 0 Å². The molecule has 10 nitrogen and oxygen atoms in total. The number of nitrogens with zero attached hydrogens (tertiary/aromatic N) is 4. The average Bonchev–Trinajstić information content (AvgIpc) is 2.93. The van der Waals surface area contributed by atoms with Gasteiger partial charge in [-0.15, -0.1) is 0 Å². The van der Waals surface area contributed by atoms with Crippen molar-refractivity contribution in [2.45, 2.75) is 19.1 Å². The van der Waals surface area contributed by atoms with Crippen molar-refractivity contribution in [1.82, 2.24) is 24.7 Å². The summed E-state index contributed by atoms with van der Waals surface area (Å²) in [5.74, 6) is -1.77. The number of halogens is 1. The first-order valence-corrected chi connectivity index (χ1v) is 9.58. The minimum absolute atomic E-state index is 0.0485. The smallest absolute Gasteiger partial charge is 0.409 e. The van der Waals surface area contributed by atoms with Gasteiger partial charge >= 0.3 is 6.09 Å². The minimum Gasteiger partial charge on any atom is -0.501 e. The summed E-state index contributed by atoms with van der Waals surface area (Å²) in [5.41, 5.74) is -0.577. The number of carbonyl (C=O) groups is 2. The van der Waals surface area contributed by atoms with Crippen molar-refractivity contribution in [3.05, 3.63) is 57.5 Å². The molecule has 0 aliphatic carbocycles. The van der Waals surface area contributed by atoms with Gasteiger partial charge in [-0.2, -0.15) is 0 Å². The molecule has 0 radical (unpaired) electrons. The molecule has 0 saturated carbocycles. The van der Waals surface area contributed by atoms with Crippen LogP contribution in [0.25, 0.3) is 0 Å². The monoisotopic (exact) mass is 433 g/mol. The zero-order chi connectivity index (χ0) is 22.7. The third-order valence-electron chi connectivity index (χ3n) is 5.17. The fraction of sp³-hybridized carbons (Fsp3) is 0.400. The van der Waals surface area contributed by atoms with Crippen LogP contribution in [0.4, 0.5) is 9.18 Å². The van der Waals surface area contributed by atoms with E-state index in [2.05, 4.69) is 10.3 Å². The number of fused-ring (bicyclic) bond motifs is 1. The van der Waals surface area contributed by atoms with Crippen molar-refractivity contribution >= 4 is 12.0 Å². The highest BCUT2D eigenvalue weighted by Crippen LogP contribution is 2.24. The van der Waals surface area contributed by atoms with E-state index in [1.54, 1.807) is 0 Å². The third kappa shape index (κ3) is 4.66. The van der Waals surface area contributed by atoms with E-state index in [1.807, 2.05) is 11.9 Å². The lowest BCUT2D eigenvalue weighted by Gasteiger charge is -2.28. The Labute approximate surface area is 177 Å². The zero-order valence-corrected chi connectivity index (χ0v) is 17.5. The number of carbonyl (C=O) groups excluding carboxylic acids is 2. The van der Waals surface area contributed by atoms with E-state index in [0.29, 0.717) is 18.7 Å². The van der Waals surface area contributed by atoms with Crippen LogP contribution in [0.1, 0.15) is 27.9 Å². The number of nitrogens with one attached hydrogen (secondary N) is 1. The molecule has 1 aromatic heterocycles. The van der Waals surface area contributed by atoms with Gasteiger partial charge in [-0.3, -0.25) is 19.1 Å². The second-order valence-corrected chi connectivity index (χ2v) is 7.29. The van der Waals surface area contributed by atoms with E-state index in [4.69, 9.17) is 4.74 Å². The van der Waals surface area contributed by atoms with Crippen LogP contribution >= 0.6 is 0 Å². The molecule has 0 fully saturated rings. The van der Waals surface area contributed by atoms with Crippen molar-refractivity contribution < 1.29 is 23.8 Å². The molecule has 0 bridgehead atoms. The SMILES string of the molecule is COC(=O)N(C)C1CN(C)CCn2c1nc(C(=O)NCc1ccc(F)cc1)c(O)c2=O. The molecule has 1 unspecified atom stereocenters. The van der Waals surface area contributed by atoms with Gasteiger partial charge < -0.3 is 20.1 Å². The number of hydrogen-bond donors (Lipinski definition) is 2. The standard InChI is InChI=1S/C20H24FN5O5/c1-24-8-9-26-17(14(11-24)25(2)20(30)31-3)23-15(16(27)19(26)29)18(28)22-10-12-4-6-13(21)7-5-12/h4-7,14,27H,8-11H2,1-3H3,(H,22,28). The number of benzene rings is 1. The lowest BCUT2D eigenvalue weighted by molar-refractivity contribution is 0.0940. The summed E-state index contributed by atoms with van der Waals surface area (Å²) in [6, 6.07) is 4.85. The van der Waals surface area contributed by atoms with Gasteiger partial charge in [0, 0.05) is 33.2 Å². The summed E-state index contributed by atoms with van der Waals surface area (Å²) < 4.78 is 19.1. The van der Waals surface area contributed by atoms with Crippen LogP contribution in [0.15, 0.2) is 29.1 Å². The van der Waals surface area contributed by atoms with Crippen LogP contribution in [0.2, 0.25) is 0 Å². The number of methoxy groups -OCH3 is 1. The van der Waals surface area contributed by atoms with Crippen molar-refractivity contribution in [2.75, 3.05) is 34.3 Å². The summed E-state index contributed by atoms with van der Waals surface area (Å²) in [4.78, 5) is 45.1. The Balaban J connectivity index is 1.96. The molecule has 31 heavy (non-hydrogen) atoms. The predicted octanol–water partition coefficient (Wildman–Crippen LogP) is 0.703. The molecular weight excluding hydrogens is 409 g/mol. The molecule has 1 aromatic carbocycles. The van der Waals surface area contributed by atoms with E-state index < -0.39 is 40.9 Å². The molecule has 0 spiro atoms. The van der Waals surface area contributed by atoms with Gasteiger partial charge in [0.2, 0.25) is 5.75 Å². The summed E-state index contributed by atoms with van der Waals surface area (Å²) in [7, 11) is 4.57. The minimum atomic E-state index is -0.774. The lowest BCUT2D eigenvalue weighted by Crippen LogP contribution is -2.39. The third-order valence-corrected chi connectivity index (χ3v) is 5.17. The maximum Gasteiger partial charge on any atom is 0.409 e. The first-order chi connectivity index (χ1) is 14.7. The highest BCUT2D eigenvalue weighted by Gasteiger charge is 2.33. The molecule has 11 heteroatoms. The molecule has 166 valence electrons. The van der Waals surface area contributed by atoms with Crippen LogP contribution in [-0.4, -0.2) is 70.8 Å². The average molecular weight is 433 g/mol. The second-order valence-electron chi connectivity index (χ2n) is 7.29. The number of aromatic nitrogens is 2. The van der Waals surface area contributed by atoms with E-state index >= 15 is 0 Å². The van der Waals surface area contributed by atoms with Crippen molar-refractivity contribution in [2.24, 2.45) is 0 Å². The van der Waals surface area contributed by atoms with Gasteiger partial charge in [-0.05, 0) is 24.7 Å². The molecule has 2 heterocycles. The Hall–Kier alpha value is -3.47. The maximum absolute atomic E-state index is 13.0. The molecule has 3 rings (SSSR count). The van der Waals surface area contributed by atoms with Gasteiger partial charge in [-0.1, -0.05) is 12.1 Å². The number of ether oxygens (including phenoxy) is 1. The molecule has 0 saturated heterocycles.